The lowest BCUT2D eigenvalue weighted by Gasteiger charge is -2.46. The van der Waals surface area contributed by atoms with Gasteiger partial charge in [0.15, 0.2) is 0 Å². The Bertz CT molecular complexity index is 2210. The molecule has 0 radical (unpaired) electrons. The van der Waals surface area contributed by atoms with Gasteiger partial charge in [-0.1, -0.05) is 55.5 Å². The van der Waals surface area contributed by atoms with Crippen LogP contribution in [0, 0.1) is 11.3 Å². The molecule has 2 N–H and O–H groups in total. The Morgan fingerprint density at radius 2 is 1.40 bits per heavy atom. The van der Waals surface area contributed by atoms with Gasteiger partial charge >= 0.3 is 0 Å². The molecular formula is C47H48N4O6. The molecule has 4 aromatic rings. The Labute approximate surface area is 332 Å². The van der Waals surface area contributed by atoms with E-state index in [0.29, 0.717) is 41.8 Å². The summed E-state index contributed by atoms with van der Waals surface area (Å²) >= 11 is 0. The highest BCUT2D eigenvalue weighted by atomic mass is 16.3. The predicted molar refractivity (Wildman–Crippen MR) is 215 cm³/mol. The van der Waals surface area contributed by atoms with Crippen molar-refractivity contribution in [3.05, 3.63) is 129 Å². The third-order valence-corrected chi connectivity index (χ3v) is 13.3. The number of nitrogens with one attached hydrogen (secondary N) is 1. The first kappa shape index (κ1) is 36.8. The zero-order valence-electron chi connectivity index (χ0n) is 32.3. The number of aromatic hydroxyl groups is 1. The maximum atomic E-state index is 12.9. The van der Waals surface area contributed by atoms with Gasteiger partial charge in [-0.15, -0.1) is 0 Å². The third-order valence-electron chi connectivity index (χ3n) is 13.3. The summed E-state index contributed by atoms with van der Waals surface area (Å²) in [6, 6.07) is 28.8. The number of phenolic OH excluding ortho intramolecular Hbond substituents is 1. The molecule has 3 unspecified atom stereocenters. The van der Waals surface area contributed by atoms with Crippen molar-refractivity contribution in [3.8, 4) is 5.75 Å². The van der Waals surface area contributed by atoms with Gasteiger partial charge in [0.1, 0.15) is 11.8 Å². The third kappa shape index (κ3) is 6.78. The van der Waals surface area contributed by atoms with Crippen LogP contribution in [-0.4, -0.2) is 77.2 Å². The van der Waals surface area contributed by atoms with Crippen LogP contribution in [-0.2, 0) is 33.6 Å². The largest absolute Gasteiger partial charge is 0.508 e. The van der Waals surface area contributed by atoms with E-state index in [9.17, 15) is 29.1 Å². The highest BCUT2D eigenvalue weighted by molar-refractivity contribution is 6.23. The molecule has 0 bridgehead atoms. The second kappa shape index (κ2) is 14.6. The molecular weight excluding hydrogens is 717 g/mol. The molecule has 0 saturated carbocycles. The van der Waals surface area contributed by atoms with Gasteiger partial charge in [0, 0.05) is 49.6 Å². The highest BCUT2D eigenvalue weighted by Crippen LogP contribution is 2.48. The summed E-state index contributed by atoms with van der Waals surface area (Å²) in [6.07, 6.45) is 7.37. The van der Waals surface area contributed by atoms with Gasteiger partial charge in [-0.2, -0.15) is 0 Å². The van der Waals surface area contributed by atoms with E-state index in [2.05, 4.69) is 77.8 Å². The average molecular weight is 765 g/mol. The SMILES string of the molecule is CC1CCN(c2ccc(C3c4ccc(O)cc4CCC3c3ccccc3)cc2)CC1.O=CN1CC2(Cc3cc4c(cc3C2)C(=O)N(C2CCC(=O)NC2=O)C4=O)C1. The number of anilines is 1. The Kier molecular flexibility index (Phi) is 9.45. The van der Waals surface area contributed by atoms with Crippen molar-refractivity contribution in [2.75, 3.05) is 31.1 Å². The number of likely N-dealkylation sites (tertiary alicyclic amines) is 1. The lowest BCUT2D eigenvalue weighted by Crippen LogP contribution is -2.56. The van der Waals surface area contributed by atoms with Crippen LogP contribution in [0.2, 0.25) is 0 Å². The number of phenols is 1. The first-order valence-corrected chi connectivity index (χ1v) is 20.4. The van der Waals surface area contributed by atoms with Crippen molar-refractivity contribution in [1.82, 2.24) is 15.1 Å². The predicted octanol–water partition coefficient (Wildman–Crippen LogP) is 6.14. The van der Waals surface area contributed by atoms with Gasteiger partial charge in [0.2, 0.25) is 18.2 Å². The van der Waals surface area contributed by atoms with E-state index in [1.54, 1.807) is 17.0 Å². The quantitative estimate of drug-likeness (QED) is 0.185. The van der Waals surface area contributed by atoms with Gasteiger partial charge in [-0.3, -0.25) is 34.2 Å². The summed E-state index contributed by atoms with van der Waals surface area (Å²) in [5, 5.41) is 12.2. The first-order valence-electron chi connectivity index (χ1n) is 20.4. The van der Waals surface area contributed by atoms with Crippen LogP contribution in [0.25, 0.3) is 0 Å². The van der Waals surface area contributed by atoms with Gasteiger partial charge in [0.05, 0.1) is 11.1 Å². The first-order chi connectivity index (χ1) is 27.6. The molecule has 4 heterocycles. The van der Waals surface area contributed by atoms with Crippen molar-refractivity contribution in [2.45, 2.75) is 76.2 Å². The molecule has 3 fully saturated rings. The summed E-state index contributed by atoms with van der Waals surface area (Å²) in [4.78, 5) is 65.3. The topological polar surface area (TPSA) is 127 Å². The summed E-state index contributed by atoms with van der Waals surface area (Å²) in [5.41, 5.74) is 9.54. The Hall–Kier alpha value is -5.77. The average Bonchev–Trinajstić information content (AvgIpc) is 3.70. The maximum Gasteiger partial charge on any atom is 0.262 e. The van der Waals surface area contributed by atoms with Crippen LogP contribution in [0.15, 0.2) is 84.9 Å². The van der Waals surface area contributed by atoms with Crippen LogP contribution in [0.3, 0.4) is 0 Å². The van der Waals surface area contributed by atoms with E-state index in [-0.39, 0.29) is 24.2 Å². The highest BCUT2D eigenvalue weighted by Gasteiger charge is 2.49. The fourth-order valence-electron chi connectivity index (χ4n) is 10.4. The van der Waals surface area contributed by atoms with Crippen molar-refractivity contribution >= 4 is 35.7 Å². The molecule has 3 saturated heterocycles. The molecule has 5 amide bonds. The molecule has 10 rings (SSSR count). The molecule has 3 atom stereocenters. The van der Waals surface area contributed by atoms with Gasteiger partial charge in [-0.05, 0) is 127 Å². The van der Waals surface area contributed by atoms with Gasteiger partial charge in [0.25, 0.3) is 11.8 Å². The molecule has 10 heteroatoms. The van der Waals surface area contributed by atoms with E-state index in [1.165, 1.54) is 53.9 Å². The van der Waals surface area contributed by atoms with Crippen molar-refractivity contribution < 1.29 is 29.1 Å². The molecule has 4 aliphatic heterocycles. The summed E-state index contributed by atoms with van der Waals surface area (Å²) in [6.45, 7) is 6.08. The molecule has 57 heavy (non-hydrogen) atoms. The van der Waals surface area contributed by atoms with E-state index in [1.807, 2.05) is 12.1 Å². The molecule has 2 aliphatic carbocycles. The number of amides is 5. The number of imide groups is 2. The fraction of sp³-hybridized carbons (Fsp3) is 0.383. The molecule has 6 aliphatic rings. The van der Waals surface area contributed by atoms with E-state index < -0.39 is 23.8 Å². The van der Waals surface area contributed by atoms with Crippen LogP contribution in [0.1, 0.15) is 105 Å². The molecule has 4 aromatic carbocycles. The zero-order chi connectivity index (χ0) is 39.4. The minimum Gasteiger partial charge on any atom is -0.508 e. The molecule has 0 aromatic heterocycles. The maximum absolute atomic E-state index is 12.9. The lowest BCUT2D eigenvalue weighted by atomic mass is 9.69. The standard InChI is InChI=1S/C28H31NO.C19H17N3O5/c1-20-15-17-29(18-16-20)24-10-7-22(8-11-24)28-26(21-5-3-2-4-6-21)13-9-23-19-25(30)12-14-27(23)28;23-9-21-7-19(8-21)5-10-3-12-13(4-11(10)6-19)18(27)22(17(12)26)14-1-2-15(24)20-16(14)25/h2-8,10-12,14,19-20,26,28,30H,9,13,15-18H2,1H3;3-4,9,14H,1-2,5-8H2,(H,20,24,25). The normalized spacial score (nSPS) is 23.6. The molecule has 10 nitrogen and oxygen atoms in total. The number of hydrogen-bond acceptors (Lipinski definition) is 7. The summed E-state index contributed by atoms with van der Waals surface area (Å²) < 4.78 is 0. The van der Waals surface area contributed by atoms with Crippen LogP contribution < -0.4 is 10.2 Å². The number of fused-ring (bicyclic) bond motifs is 3. The Morgan fingerprint density at radius 1 is 0.737 bits per heavy atom. The van der Waals surface area contributed by atoms with E-state index >= 15 is 0 Å². The smallest absolute Gasteiger partial charge is 0.262 e. The number of piperidine rings is 2. The lowest BCUT2D eigenvalue weighted by molar-refractivity contribution is -0.136. The fourth-order valence-corrected chi connectivity index (χ4v) is 10.4. The monoisotopic (exact) mass is 764 g/mol. The number of benzene rings is 4. The van der Waals surface area contributed by atoms with E-state index in [4.69, 9.17) is 0 Å². The van der Waals surface area contributed by atoms with Gasteiger partial charge < -0.3 is 14.9 Å². The van der Waals surface area contributed by atoms with Crippen molar-refractivity contribution in [1.29, 1.82) is 0 Å². The van der Waals surface area contributed by atoms with Crippen molar-refractivity contribution in [3.63, 3.8) is 0 Å². The Morgan fingerprint density at radius 3 is 2.04 bits per heavy atom. The van der Waals surface area contributed by atoms with Crippen LogP contribution in [0.5, 0.6) is 5.75 Å². The van der Waals surface area contributed by atoms with Crippen LogP contribution >= 0.6 is 0 Å². The second-order valence-corrected chi connectivity index (χ2v) is 17.2. The van der Waals surface area contributed by atoms with Crippen LogP contribution in [0.4, 0.5) is 5.69 Å². The minimum absolute atomic E-state index is 0.0216. The second-order valence-electron chi connectivity index (χ2n) is 17.2. The van der Waals surface area contributed by atoms with E-state index in [0.717, 1.165) is 54.0 Å². The number of rotatable bonds is 5. The number of aryl methyl sites for hydroxylation is 1. The molecule has 292 valence electrons. The summed E-state index contributed by atoms with van der Waals surface area (Å²) in [5.74, 6) is 0.0742. The number of carbonyl (C=O) groups is 5. The molecule has 1 spiro atoms. The number of carbonyl (C=O) groups excluding carboxylic acids is 5. The van der Waals surface area contributed by atoms with Crippen molar-refractivity contribution in [2.24, 2.45) is 11.3 Å². The van der Waals surface area contributed by atoms with Gasteiger partial charge in [-0.25, -0.2) is 0 Å². The number of nitrogens with zero attached hydrogens (tertiary/aromatic N) is 3. The zero-order valence-corrected chi connectivity index (χ0v) is 32.3. The minimum atomic E-state index is -0.941. The summed E-state index contributed by atoms with van der Waals surface area (Å²) in [7, 11) is 0. The Balaban J connectivity index is 0.000000149. The number of hydrogen-bond donors (Lipinski definition) is 2.